The van der Waals surface area contributed by atoms with Crippen LogP contribution in [0.4, 0.5) is 0 Å². The Kier molecular flexibility index (Phi) is 10.2. The van der Waals surface area contributed by atoms with Crippen molar-refractivity contribution in [1.82, 2.24) is 0 Å². The summed E-state index contributed by atoms with van der Waals surface area (Å²) in [5.74, 6) is -4.91. The van der Waals surface area contributed by atoms with Crippen LogP contribution < -0.4 is 0 Å². The van der Waals surface area contributed by atoms with Crippen molar-refractivity contribution in [3.8, 4) is 5.75 Å². The fourth-order valence-electron chi connectivity index (χ4n) is 3.91. The third-order valence-electron chi connectivity index (χ3n) is 5.95. The Labute approximate surface area is 221 Å². The van der Waals surface area contributed by atoms with E-state index in [4.69, 9.17) is 18.9 Å². The number of aliphatic hydroxyl groups is 4. The predicted octanol–water partition coefficient (Wildman–Crippen LogP) is -0.893. The van der Waals surface area contributed by atoms with Crippen LogP contribution in [-0.2, 0) is 33.3 Å². The number of rotatable bonds is 10. The Balaban J connectivity index is 1.81. The molecule has 1 aromatic carbocycles. The summed E-state index contributed by atoms with van der Waals surface area (Å²) >= 11 is 0. The van der Waals surface area contributed by atoms with E-state index >= 15 is 0 Å². The number of carbonyl (C=O) groups is 3. The number of esters is 1. The number of phenols is 1. The molecule has 2 aliphatic rings. The summed E-state index contributed by atoms with van der Waals surface area (Å²) in [5.41, 5.74) is 0.0648. The van der Waals surface area contributed by atoms with E-state index in [1.54, 1.807) is 12.1 Å². The number of aromatic hydroxyl groups is 1. The molecule has 3 rings (SSSR count). The Bertz CT molecular complexity index is 1120. The van der Waals surface area contributed by atoms with Gasteiger partial charge in [-0.25, -0.2) is 9.59 Å². The van der Waals surface area contributed by atoms with E-state index in [1.165, 1.54) is 24.3 Å². The van der Waals surface area contributed by atoms with Gasteiger partial charge in [0.25, 0.3) is 0 Å². The van der Waals surface area contributed by atoms with Crippen molar-refractivity contribution in [2.45, 2.75) is 43.4 Å². The second-order valence-corrected chi connectivity index (χ2v) is 8.59. The first kappa shape index (κ1) is 29.8. The van der Waals surface area contributed by atoms with Crippen LogP contribution in [-0.4, -0.2) is 104 Å². The molecule has 212 valence electrons. The van der Waals surface area contributed by atoms with Gasteiger partial charge < -0.3 is 54.7 Å². The maximum Gasteiger partial charge on any atom is 0.335 e. The molecule has 0 amide bonds. The third-order valence-corrected chi connectivity index (χ3v) is 5.95. The zero-order chi connectivity index (χ0) is 28.7. The monoisotopic (exact) mass is 552 g/mol. The molecule has 39 heavy (non-hydrogen) atoms. The van der Waals surface area contributed by atoms with Crippen molar-refractivity contribution in [3.63, 3.8) is 0 Å². The highest BCUT2D eigenvalue weighted by Crippen LogP contribution is 2.35. The number of hydrogen-bond donors (Lipinski definition) is 7. The maximum absolute atomic E-state index is 12.2. The van der Waals surface area contributed by atoms with Crippen molar-refractivity contribution in [1.29, 1.82) is 0 Å². The SMILES string of the molecule is O=C(O)C[C@H]1C(C(=O)O)=CO[C@H](O[C@@H]2O[C@@H](CO)[C@@H](O)[C@@H](O)[C@H]2O)C1=CCOC(=O)C=Cc1ccc(O)cc1. The summed E-state index contributed by atoms with van der Waals surface area (Å²) in [6.45, 7) is -1.20. The topological polar surface area (TPSA) is 230 Å². The standard InChI is InChI=1S/C25H28O14/c26-10-17-20(31)21(32)22(33)25(38-17)39-24-14(15(9-18(28)29)16(11-37-24)23(34)35)7-8-36-19(30)6-3-12-1-4-13(27)5-2-12/h1-7,11,15,17,20-22,24-27,31-33H,8-10H2,(H,28,29)(H,34,35)/t15-,17+,20-,21-,22-,24-,25+/m1/s1. The van der Waals surface area contributed by atoms with Crippen LogP contribution in [0.15, 0.2) is 53.8 Å². The van der Waals surface area contributed by atoms with Gasteiger partial charge in [-0.15, -0.1) is 0 Å². The first-order chi connectivity index (χ1) is 18.5. The second-order valence-electron chi connectivity index (χ2n) is 8.59. The predicted molar refractivity (Wildman–Crippen MR) is 127 cm³/mol. The van der Waals surface area contributed by atoms with Gasteiger partial charge in [0.1, 0.15) is 36.8 Å². The smallest absolute Gasteiger partial charge is 0.335 e. The molecule has 2 heterocycles. The van der Waals surface area contributed by atoms with E-state index in [9.17, 15) is 50.1 Å². The summed E-state index contributed by atoms with van der Waals surface area (Å²) in [4.78, 5) is 35.4. The number of aliphatic hydroxyl groups excluding tert-OH is 4. The number of phenolic OH excluding ortho intramolecular Hbond substituents is 1. The van der Waals surface area contributed by atoms with Crippen LogP contribution in [0, 0.1) is 5.92 Å². The molecule has 14 nitrogen and oxygen atoms in total. The summed E-state index contributed by atoms with van der Waals surface area (Å²) in [6, 6.07) is 5.95. The quantitative estimate of drug-likeness (QED) is 0.106. The van der Waals surface area contributed by atoms with Gasteiger partial charge >= 0.3 is 17.9 Å². The molecule has 0 radical (unpaired) electrons. The van der Waals surface area contributed by atoms with E-state index in [2.05, 4.69) is 0 Å². The maximum atomic E-state index is 12.2. The number of aliphatic carboxylic acids is 2. The van der Waals surface area contributed by atoms with Crippen LogP contribution in [0.25, 0.3) is 6.08 Å². The molecule has 7 atom stereocenters. The van der Waals surface area contributed by atoms with Crippen molar-refractivity contribution in [2.75, 3.05) is 13.2 Å². The van der Waals surface area contributed by atoms with E-state index in [-0.39, 0.29) is 11.3 Å². The first-order valence-electron chi connectivity index (χ1n) is 11.6. The van der Waals surface area contributed by atoms with Gasteiger partial charge in [-0.1, -0.05) is 12.1 Å². The lowest BCUT2D eigenvalue weighted by atomic mass is 9.86. The van der Waals surface area contributed by atoms with Crippen molar-refractivity contribution in [2.24, 2.45) is 5.92 Å². The average molecular weight is 552 g/mol. The van der Waals surface area contributed by atoms with E-state index < -0.39 is 86.0 Å². The van der Waals surface area contributed by atoms with Crippen LogP contribution >= 0.6 is 0 Å². The summed E-state index contributed by atoms with van der Waals surface area (Å²) in [7, 11) is 0. The molecule has 1 saturated heterocycles. The van der Waals surface area contributed by atoms with E-state index in [0.29, 0.717) is 5.56 Å². The van der Waals surface area contributed by atoms with Gasteiger partial charge in [0, 0.05) is 17.6 Å². The average Bonchev–Trinajstić information content (AvgIpc) is 2.89. The van der Waals surface area contributed by atoms with Crippen molar-refractivity contribution < 1.29 is 69.1 Å². The number of carboxylic acid groups (broad SMARTS) is 2. The van der Waals surface area contributed by atoms with Gasteiger partial charge in [0.15, 0.2) is 6.29 Å². The largest absolute Gasteiger partial charge is 0.508 e. The Morgan fingerprint density at radius 3 is 2.31 bits per heavy atom. The molecule has 0 aliphatic carbocycles. The Hall–Kier alpha value is -3.79. The fraction of sp³-hybridized carbons (Fsp3) is 0.400. The summed E-state index contributed by atoms with van der Waals surface area (Å²) < 4.78 is 21.3. The molecule has 1 fully saturated rings. The normalized spacial score (nSPS) is 30.0. The molecule has 0 bridgehead atoms. The Morgan fingerprint density at radius 2 is 1.69 bits per heavy atom. The third kappa shape index (κ3) is 7.63. The van der Waals surface area contributed by atoms with Gasteiger partial charge in [-0.05, 0) is 29.8 Å². The van der Waals surface area contributed by atoms with Gasteiger partial charge in [0.2, 0.25) is 6.29 Å². The molecule has 7 N–H and O–H groups in total. The second kappa shape index (κ2) is 13.3. The summed E-state index contributed by atoms with van der Waals surface area (Å²) in [5, 5.41) is 67.9. The number of carbonyl (C=O) groups excluding carboxylic acids is 1. The lowest BCUT2D eigenvalue weighted by Crippen LogP contribution is -2.60. The highest BCUT2D eigenvalue weighted by Gasteiger charge is 2.46. The number of ether oxygens (including phenoxy) is 4. The molecule has 1 aromatic rings. The molecular weight excluding hydrogens is 524 g/mol. The van der Waals surface area contributed by atoms with Gasteiger partial charge in [-0.3, -0.25) is 4.79 Å². The molecule has 2 aliphatic heterocycles. The molecule has 0 unspecified atom stereocenters. The Morgan fingerprint density at radius 1 is 1.00 bits per heavy atom. The molecule has 14 heteroatoms. The molecule has 0 saturated carbocycles. The van der Waals surface area contributed by atoms with Crippen LogP contribution in [0.2, 0.25) is 0 Å². The number of benzene rings is 1. The molecule has 0 aromatic heterocycles. The zero-order valence-electron chi connectivity index (χ0n) is 20.3. The lowest BCUT2D eigenvalue weighted by Gasteiger charge is -2.41. The number of hydrogen-bond acceptors (Lipinski definition) is 12. The minimum absolute atomic E-state index is 0.0437. The first-order valence-corrected chi connectivity index (χ1v) is 11.6. The van der Waals surface area contributed by atoms with Crippen molar-refractivity contribution in [3.05, 3.63) is 59.4 Å². The fourth-order valence-corrected chi connectivity index (χ4v) is 3.91. The molecular formula is C25H28O14. The minimum atomic E-state index is -1.82. The van der Waals surface area contributed by atoms with E-state index in [1.807, 2.05) is 0 Å². The van der Waals surface area contributed by atoms with Crippen molar-refractivity contribution >= 4 is 24.0 Å². The number of carboxylic acids is 2. The van der Waals surface area contributed by atoms with Gasteiger partial charge in [0.05, 0.1) is 24.9 Å². The highest BCUT2D eigenvalue weighted by molar-refractivity contribution is 5.89. The highest BCUT2D eigenvalue weighted by atomic mass is 16.8. The lowest BCUT2D eigenvalue weighted by molar-refractivity contribution is -0.327. The zero-order valence-corrected chi connectivity index (χ0v) is 20.3. The van der Waals surface area contributed by atoms with Crippen LogP contribution in [0.1, 0.15) is 12.0 Å². The van der Waals surface area contributed by atoms with Gasteiger partial charge in [-0.2, -0.15) is 0 Å². The molecule has 0 spiro atoms. The van der Waals surface area contributed by atoms with E-state index in [0.717, 1.165) is 12.3 Å². The van der Waals surface area contributed by atoms with Crippen LogP contribution in [0.3, 0.4) is 0 Å². The van der Waals surface area contributed by atoms with Crippen LogP contribution in [0.5, 0.6) is 5.75 Å². The summed E-state index contributed by atoms with van der Waals surface area (Å²) in [6.07, 6.45) is -6.07. The minimum Gasteiger partial charge on any atom is -0.508 e.